The van der Waals surface area contributed by atoms with Crippen molar-refractivity contribution in [3.05, 3.63) is 31.0 Å². The molecule has 13 heavy (non-hydrogen) atoms. The van der Waals surface area contributed by atoms with Crippen LogP contribution in [0.4, 0.5) is 0 Å². The molecule has 0 unspecified atom stereocenters. The minimum absolute atomic E-state index is 0.231. The molecule has 0 aliphatic rings. The Morgan fingerprint density at radius 2 is 2.15 bits per heavy atom. The zero-order valence-corrected chi connectivity index (χ0v) is 8.84. The van der Waals surface area contributed by atoms with Gasteiger partial charge in [0.2, 0.25) is 10.0 Å². The van der Waals surface area contributed by atoms with Crippen LogP contribution in [-0.4, -0.2) is 31.6 Å². The Hall–Kier alpha value is -0.830. The molecule has 0 aliphatic carbocycles. The third-order valence-electron chi connectivity index (χ3n) is 1.55. The summed E-state index contributed by atoms with van der Waals surface area (Å²) in [5.74, 6) is 0. The monoisotopic (exact) mass is 201 g/mol. The maximum absolute atomic E-state index is 11.2. The van der Waals surface area contributed by atoms with E-state index in [9.17, 15) is 8.42 Å². The highest BCUT2D eigenvalue weighted by Crippen LogP contribution is 2.05. The van der Waals surface area contributed by atoms with Gasteiger partial charge in [0.05, 0.1) is 6.26 Å². The summed E-state index contributed by atoms with van der Waals surface area (Å²) in [5, 5.41) is 0. The summed E-state index contributed by atoms with van der Waals surface area (Å²) < 4.78 is 23.8. The molecule has 0 aliphatic heterocycles. The first-order chi connectivity index (χ1) is 5.93. The molecule has 0 fully saturated rings. The molecular formula is C9H15NO2S. The van der Waals surface area contributed by atoms with Gasteiger partial charge in [-0.15, -0.1) is 12.3 Å². The van der Waals surface area contributed by atoms with Crippen LogP contribution in [0.15, 0.2) is 31.0 Å². The zero-order valence-electron chi connectivity index (χ0n) is 8.03. The second-order valence-electron chi connectivity index (χ2n) is 2.73. The standard InChI is InChI=1S/C9H15NO2S/c1-5-7-9(3)10(8-6-2)13(4,11)12/h6-7,9H,1-2,8H2,3-4H3/t9-/m0/s1. The molecule has 0 aromatic carbocycles. The summed E-state index contributed by atoms with van der Waals surface area (Å²) in [6, 6.07) is -0.231. The molecule has 0 heterocycles. The van der Waals surface area contributed by atoms with Crippen LogP contribution < -0.4 is 0 Å². The second kappa shape index (κ2) is 5.02. The summed E-state index contributed by atoms with van der Waals surface area (Å²) in [6.45, 7) is 8.97. The van der Waals surface area contributed by atoms with Crippen molar-refractivity contribution >= 4 is 10.0 Å². The first-order valence-electron chi connectivity index (χ1n) is 3.87. The third-order valence-corrected chi connectivity index (χ3v) is 2.88. The van der Waals surface area contributed by atoms with Crippen LogP contribution >= 0.6 is 0 Å². The smallest absolute Gasteiger partial charge is 0.212 e. The maximum Gasteiger partial charge on any atom is 0.212 e. The van der Waals surface area contributed by atoms with Crippen LogP contribution in [0.1, 0.15) is 6.92 Å². The van der Waals surface area contributed by atoms with E-state index in [2.05, 4.69) is 18.9 Å². The van der Waals surface area contributed by atoms with Crippen molar-refractivity contribution in [1.82, 2.24) is 4.31 Å². The Bertz CT molecular complexity index is 313. The third kappa shape index (κ3) is 4.08. The van der Waals surface area contributed by atoms with Crippen LogP contribution in [0.3, 0.4) is 0 Å². The van der Waals surface area contributed by atoms with Crippen LogP contribution in [-0.2, 0) is 10.0 Å². The highest BCUT2D eigenvalue weighted by atomic mass is 32.2. The first kappa shape index (κ1) is 12.2. The normalized spacial score (nSPS) is 13.5. The van der Waals surface area contributed by atoms with Crippen molar-refractivity contribution in [2.24, 2.45) is 0 Å². The van der Waals surface area contributed by atoms with E-state index in [-0.39, 0.29) is 6.04 Å². The Kier molecular flexibility index (Phi) is 4.70. The van der Waals surface area contributed by atoms with Gasteiger partial charge in [0.15, 0.2) is 0 Å². The molecule has 0 bridgehead atoms. The molecule has 0 aromatic heterocycles. The van der Waals surface area contributed by atoms with E-state index in [0.717, 1.165) is 0 Å². The lowest BCUT2D eigenvalue weighted by atomic mass is 10.3. The van der Waals surface area contributed by atoms with Gasteiger partial charge in [-0.2, -0.15) is 4.31 Å². The zero-order chi connectivity index (χ0) is 10.5. The van der Waals surface area contributed by atoms with Gasteiger partial charge in [-0.25, -0.2) is 8.42 Å². The fraction of sp³-hybridized carbons (Fsp3) is 0.444. The number of hydrogen-bond donors (Lipinski definition) is 0. The van der Waals surface area contributed by atoms with Gasteiger partial charge in [0.1, 0.15) is 0 Å². The molecule has 0 aromatic rings. The summed E-state index contributed by atoms with van der Waals surface area (Å²) in [6.07, 6.45) is 4.32. The van der Waals surface area contributed by atoms with Crippen molar-refractivity contribution in [2.75, 3.05) is 12.8 Å². The number of hydrogen-bond acceptors (Lipinski definition) is 2. The molecule has 4 heteroatoms. The van der Waals surface area contributed by atoms with Crippen LogP contribution in [0.5, 0.6) is 0 Å². The SMILES string of the molecule is C=C=C[C@H](C)N(CC=C)S(C)(=O)=O. The van der Waals surface area contributed by atoms with E-state index in [4.69, 9.17) is 0 Å². The van der Waals surface area contributed by atoms with E-state index in [1.165, 1.54) is 10.6 Å². The van der Waals surface area contributed by atoms with Crippen LogP contribution in [0.25, 0.3) is 0 Å². The van der Waals surface area contributed by atoms with E-state index in [1.54, 1.807) is 19.1 Å². The Morgan fingerprint density at radius 1 is 1.62 bits per heavy atom. The van der Waals surface area contributed by atoms with Crippen LogP contribution in [0.2, 0.25) is 0 Å². The molecule has 0 spiro atoms. The van der Waals surface area contributed by atoms with Gasteiger partial charge in [-0.05, 0) is 13.0 Å². The van der Waals surface area contributed by atoms with Crippen LogP contribution in [0, 0.1) is 0 Å². The average molecular weight is 201 g/mol. The molecule has 0 N–H and O–H groups in total. The van der Waals surface area contributed by atoms with E-state index in [0.29, 0.717) is 6.54 Å². The topological polar surface area (TPSA) is 37.4 Å². The van der Waals surface area contributed by atoms with Gasteiger partial charge in [-0.3, -0.25) is 0 Å². The van der Waals surface area contributed by atoms with Gasteiger partial charge >= 0.3 is 0 Å². The van der Waals surface area contributed by atoms with Crippen molar-refractivity contribution in [3.8, 4) is 0 Å². The summed E-state index contributed by atoms with van der Waals surface area (Å²) in [7, 11) is -3.19. The van der Waals surface area contributed by atoms with Crippen molar-refractivity contribution in [3.63, 3.8) is 0 Å². The summed E-state index contributed by atoms with van der Waals surface area (Å²) in [4.78, 5) is 0. The van der Waals surface area contributed by atoms with E-state index >= 15 is 0 Å². The first-order valence-corrected chi connectivity index (χ1v) is 5.72. The lowest BCUT2D eigenvalue weighted by Gasteiger charge is -2.22. The van der Waals surface area contributed by atoms with Gasteiger partial charge in [-0.1, -0.05) is 12.7 Å². The fourth-order valence-electron chi connectivity index (χ4n) is 0.985. The van der Waals surface area contributed by atoms with Gasteiger partial charge < -0.3 is 0 Å². The van der Waals surface area contributed by atoms with E-state index < -0.39 is 10.0 Å². The maximum atomic E-state index is 11.2. The molecule has 74 valence electrons. The minimum Gasteiger partial charge on any atom is -0.212 e. The lowest BCUT2D eigenvalue weighted by Crippen LogP contribution is -2.36. The molecule has 0 saturated carbocycles. The van der Waals surface area contributed by atoms with Gasteiger partial charge in [0.25, 0.3) is 0 Å². The Balaban J connectivity index is 4.80. The van der Waals surface area contributed by atoms with E-state index in [1.807, 2.05) is 0 Å². The highest BCUT2D eigenvalue weighted by molar-refractivity contribution is 7.88. The number of nitrogens with zero attached hydrogens (tertiary/aromatic N) is 1. The Morgan fingerprint density at radius 3 is 2.46 bits per heavy atom. The molecule has 3 nitrogen and oxygen atoms in total. The summed E-state index contributed by atoms with van der Waals surface area (Å²) >= 11 is 0. The quantitative estimate of drug-likeness (QED) is 0.494. The number of rotatable bonds is 5. The predicted octanol–water partition coefficient (Wildman–Crippen LogP) is 1.16. The van der Waals surface area contributed by atoms with Gasteiger partial charge in [0, 0.05) is 12.6 Å². The number of sulfonamides is 1. The summed E-state index contributed by atoms with van der Waals surface area (Å²) in [5.41, 5.74) is 2.56. The minimum atomic E-state index is -3.19. The molecule has 0 saturated heterocycles. The fourth-order valence-corrected chi connectivity index (χ4v) is 2.03. The average Bonchev–Trinajstić information content (AvgIpc) is 1.98. The predicted molar refractivity (Wildman–Crippen MR) is 54.9 cm³/mol. The molecular weight excluding hydrogens is 186 g/mol. The molecule has 1 atom stereocenters. The van der Waals surface area contributed by atoms with Crippen molar-refractivity contribution in [1.29, 1.82) is 0 Å². The lowest BCUT2D eigenvalue weighted by molar-refractivity contribution is 0.412. The molecule has 0 rings (SSSR count). The van der Waals surface area contributed by atoms with Crippen molar-refractivity contribution in [2.45, 2.75) is 13.0 Å². The Labute approximate surface area is 80.1 Å². The second-order valence-corrected chi connectivity index (χ2v) is 4.67. The largest absolute Gasteiger partial charge is 0.212 e. The molecule has 0 radical (unpaired) electrons. The molecule has 0 amide bonds. The highest BCUT2D eigenvalue weighted by Gasteiger charge is 2.19. The van der Waals surface area contributed by atoms with Crippen molar-refractivity contribution < 1.29 is 8.42 Å².